The van der Waals surface area contributed by atoms with Crippen molar-refractivity contribution >= 4 is 50.4 Å². The van der Waals surface area contributed by atoms with Crippen LogP contribution in [0.3, 0.4) is 0 Å². The fraction of sp³-hybridized carbons (Fsp3) is 0.400. The number of nitrogens with one attached hydrogen (secondary N) is 1. The SMILES string of the molecule is COC(=O)c1sc2cc3cc(NC4CCN(Cc5ccccc5)CC4)csc-3c2c1OCC(=O)OC(C)(C)C. The van der Waals surface area contributed by atoms with Crippen molar-refractivity contribution in [3.05, 3.63) is 58.3 Å². The second-order valence-electron chi connectivity index (χ2n) is 10.8. The summed E-state index contributed by atoms with van der Waals surface area (Å²) in [6.07, 6.45) is 2.19. The second kappa shape index (κ2) is 11.5. The molecule has 206 valence electrons. The molecule has 0 amide bonds. The first-order valence-corrected chi connectivity index (χ1v) is 14.8. The number of ether oxygens (including phenoxy) is 3. The maximum Gasteiger partial charge on any atom is 0.351 e. The van der Waals surface area contributed by atoms with Crippen LogP contribution in [0.25, 0.3) is 20.5 Å². The van der Waals surface area contributed by atoms with Crippen molar-refractivity contribution < 1.29 is 23.8 Å². The van der Waals surface area contributed by atoms with Crippen molar-refractivity contribution in [1.82, 2.24) is 4.90 Å². The fourth-order valence-corrected chi connectivity index (χ4v) is 7.06. The summed E-state index contributed by atoms with van der Waals surface area (Å²) in [6, 6.07) is 15.3. The summed E-state index contributed by atoms with van der Waals surface area (Å²) in [5.74, 6) is -0.589. The summed E-state index contributed by atoms with van der Waals surface area (Å²) in [6.45, 7) is 8.27. The lowest BCUT2D eigenvalue weighted by molar-refractivity contribution is -0.157. The minimum atomic E-state index is -0.618. The zero-order chi connectivity index (χ0) is 27.6. The van der Waals surface area contributed by atoms with Crippen LogP contribution in [0.5, 0.6) is 5.75 Å². The monoisotopic (exact) mass is 566 g/mol. The minimum absolute atomic E-state index is 0.285. The van der Waals surface area contributed by atoms with E-state index in [-0.39, 0.29) is 6.61 Å². The molecule has 1 fully saturated rings. The molecule has 0 bridgehead atoms. The number of methoxy groups -OCH3 is 1. The Morgan fingerprint density at radius 3 is 2.54 bits per heavy atom. The number of piperidine rings is 1. The molecular formula is C30H34N2O5S2. The number of anilines is 1. The van der Waals surface area contributed by atoms with Gasteiger partial charge in [-0.1, -0.05) is 30.3 Å². The van der Waals surface area contributed by atoms with Gasteiger partial charge in [-0.05, 0) is 56.9 Å². The zero-order valence-corrected chi connectivity index (χ0v) is 24.4. The smallest absolute Gasteiger partial charge is 0.351 e. The standard InChI is InChI=1S/C30H34N2O5S2/c1-30(2,3)37-24(33)17-36-26-25-23(39-28(26)29(34)35-4)15-20-14-22(18-38-27(20)25)31-21-10-12-32(13-11-21)16-19-8-6-5-7-9-19/h5-9,14-15,18,21,31H,10-13,16-17H2,1-4H3. The Hall–Kier alpha value is -3.14. The van der Waals surface area contributed by atoms with E-state index >= 15 is 0 Å². The minimum Gasteiger partial charge on any atom is -0.479 e. The van der Waals surface area contributed by atoms with Crippen LogP contribution in [0, 0.1) is 0 Å². The molecule has 0 spiro atoms. The van der Waals surface area contributed by atoms with Gasteiger partial charge < -0.3 is 19.5 Å². The highest BCUT2D eigenvalue weighted by Crippen LogP contribution is 2.49. The molecular weight excluding hydrogens is 532 g/mol. The van der Waals surface area contributed by atoms with Crippen LogP contribution < -0.4 is 10.1 Å². The van der Waals surface area contributed by atoms with Crippen LogP contribution >= 0.6 is 22.7 Å². The molecule has 3 heterocycles. The predicted molar refractivity (Wildman–Crippen MR) is 157 cm³/mol. The van der Waals surface area contributed by atoms with Crippen molar-refractivity contribution in [3.8, 4) is 16.2 Å². The van der Waals surface area contributed by atoms with Gasteiger partial charge in [0.25, 0.3) is 0 Å². The summed E-state index contributed by atoms with van der Waals surface area (Å²) in [5, 5.41) is 6.68. The third kappa shape index (κ3) is 6.54. The third-order valence-corrected chi connectivity index (χ3v) is 8.76. The second-order valence-corrected chi connectivity index (χ2v) is 12.7. The van der Waals surface area contributed by atoms with Gasteiger partial charge in [0.05, 0.1) is 12.5 Å². The van der Waals surface area contributed by atoms with Gasteiger partial charge in [0, 0.05) is 46.3 Å². The van der Waals surface area contributed by atoms with E-state index in [1.54, 1.807) is 32.1 Å². The number of nitrogens with zero attached hydrogens (tertiary/aromatic N) is 1. The molecule has 1 N–H and O–H groups in total. The largest absolute Gasteiger partial charge is 0.479 e. The number of hydrogen-bond acceptors (Lipinski definition) is 9. The molecule has 1 saturated heterocycles. The molecule has 7 nitrogen and oxygen atoms in total. The molecule has 5 rings (SSSR count). The molecule has 1 aromatic heterocycles. The van der Waals surface area contributed by atoms with Crippen LogP contribution in [0.15, 0.2) is 47.8 Å². The van der Waals surface area contributed by atoms with E-state index in [1.165, 1.54) is 24.0 Å². The summed E-state index contributed by atoms with van der Waals surface area (Å²) < 4.78 is 17.2. The van der Waals surface area contributed by atoms with Crippen molar-refractivity contribution in [1.29, 1.82) is 0 Å². The van der Waals surface area contributed by atoms with E-state index in [0.29, 0.717) is 16.7 Å². The number of benzene rings is 1. The molecule has 0 saturated carbocycles. The lowest BCUT2D eigenvalue weighted by atomic mass is 10.0. The van der Waals surface area contributed by atoms with E-state index in [9.17, 15) is 9.59 Å². The van der Waals surface area contributed by atoms with E-state index in [4.69, 9.17) is 14.2 Å². The quantitative estimate of drug-likeness (QED) is 0.239. The topological polar surface area (TPSA) is 77.1 Å². The number of likely N-dealkylation sites (tertiary alicyclic amines) is 1. The number of esters is 2. The average Bonchev–Trinajstić information content (AvgIpc) is 3.43. The van der Waals surface area contributed by atoms with Crippen LogP contribution in [-0.4, -0.2) is 55.3 Å². The van der Waals surface area contributed by atoms with E-state index in [1.807, 2.05) is 0 Å². The predicted octanol–water partition coefficient (Wildman–Crippen LogP) is 6.65. The maximum absolute atomic E-state index is 12.5. The van der Waals surface area contributed by atoms with Gasteiger partial charge in [-0.15, -0.1) is 22.7 Å². The molecule has 0 radical (unpaired) electrons. The number of thiophene rings is 1. The summed E-state index contributed by atoms with van der Waals surface area (Å²) in [5.41, 5.74) is 2.91. The van der Waals surface area contributed by atoms with E-state index in [0.717, 1.165) is 58.7 Å². The third-order valence-electron chi connectivity index (χ3n) is 6.61. The summed E-state index contributed by atoms with van der Waals surface area (Å²) in [4.78, 5) is 28.7. The van der Waals surface area contributed by atoms with Crippen LogP contribution in [-0.2, 0) is 20.8 Å². The van der Waals surface area contributed by atoms with E-state index in [2.05, 4.69) is 58.1 Å². The molecule has 2 aromatic rings. The van der Waals surface area contributed by atoms with Crippen molar-refractivity contribution in [2.45, 2.75) is 51.8 Å². The first-order chi connectivity index (χ1) is 18.7. The Labute approximate surface area is 237 Å². The number of rotatable bonds is 8. The molecule has 3 aliphatic rings. The Morgan fingerprint density at radius 1 is 1.10 bits per heavy atom. The zero-order valence-electron chi connectivity index (χ0n) is 22.7. The van der Waals surface area contributed by atoms with Gasteiger partial charge in [0.1, 0.15) is 5.60 Å². The Bertz CT molecular complexity index is 1410. The Morgan fingerprint density at radius 2 is 1.85 bits per heavy atom. The van der Waals surface area contributed by atoms with Crippen LogP contribution in [0.4, 0.5) is 5.69 Å². The van der Waals surface area contributed by atoms with Gasteiger partial charge in [-0.3, -0.25) is 4.90 Å². The Kier molecular flexibility index (Phi) is 8.11. The highest BCUT2D eigenvalue weighted by molar-refractivity contribution is 7.22. The van der Waals surface area contributed by atoms with Crippen LogP contribution in [0.1, 0.15) is 48.8 Å². The number of hydrogen-bond donors (Lipinski definition) is 1. The maximum atomic E-state index is 12.5. The molecule has 0 unspecified atom stereocenters. The number of fused-ring (bicyclic) bond motifs is 3. The normalized spacial score (nSPS) is 15.0. The van der Waals surface area contributed by atoms with Crippen molar-refractivity contribution in [2.75, 3.05) is 32.1 Å². The summed E-state index contributed by atoms with van der Waals surface area (Å²) >= 11 is 2.93. The first-order valence-electron chi connectivity index (χ1n) is 13.1. The van der Waals surface area contributed by atoms with Gasteiger partial charge in [-0.25, -0.2) is 9.59 Å². The molecule has 2 aliphatic heterocycles. The van der Waals surface area contributed by atoms with Gasteiger partial charge in [-0.2, -0.15) is 0 Å². The molecule has 9 heteroatoms. The van der Waals surface area contributed by atoms with Gasteiger partial charge in [0.15, 0.2) is 17.2 Å². The highest BCUT2D eigenvalue weighted by Gasteiger charge is 2.28. The molecule has 39 heavy (non-hydrogen) atoms. The van der Waals surface area contributed by atoms with Crippen molar-refractivity contribution in [3.63, 3.8) is 0 Å². The first kappa shape index (κ1) is 27.4. The Balaban J connectivity index is 1.30. The van der Waals surface area contributed by atoms with Gasteiger partial charge >= 0.3 is 11.9 Å². The average molecular weight is 567 g/mol. The van der Waals surface area contributed by atoms with Crippen LogP contribution in [0.2, 0.25) is 0 Å². The molecule has 0 atom stereocenters. The molecule has 1 aliphatic carbocycles. The number of carbonyl (C=O) groups excluding carboxylic acids is 2. The summed E-state index contributed by atoms with van der Waals surface area (Å²) in [7, 11) is 1.34. The van der Waals surface area contributed by atoms with Gasteiger partial charge in [0.2, 0.25) is 0 Å². The fourth-order valence-electron chi connectivity index (χ4n) is 4.91. The lowest BCUT2D eigenvalue weighted by Crippen LogP contribution is -2.38. The number of carbonyl (C=O) groups is 2. The molecule has 1 aromatic carbocycles. The highest BCUT2D eigenvalue weighted by atomic mass is 32.1. The van der Waals surface area contributed by atoms with Crippen molar-refractivity contribution in [2.24, 2.45) is 0 Å². The lowest BCUT2D eigenvalue weighted by Gasteiger charge is -2.33. The van der Waals surface area contributed by atoms with E-state index < -0.39 is 17.5 Å².